The zero-order chi connectivity index (χ0) is 34.7. The van der Waals surface area contributed by atoms with Gasteiger partial charge in [0.2, 0.25) is 11.7 Å². The molecule has 1 atom stereocenters. The fraction of sp³-hybridized carbons (Fsp3) is 0.406. The SMILES string of the molecule is C/C=C(\C)c1nc2n(CC(=O)Nc3ccc(C(F)(F)F)cc3Cl)c3c(c(=O)n2n1)C1(CCN(C(=O)c2ncnc(C)c2O)CC1)CC3C. The monoisotopic (exact) mass is 684 g/mol. The number of fused-ring (bicyclic) bond motifs is 3. The van der Waals surface area contributed by atoms with Gasteiger partial charge in [0.25, 0.3) is 11.5 Å². The highest BCUT2D eigenvalue weighted by molar-refractivity contribution is 6.33. The van der Waals surface area contributed by atoms with Crippen LogP contribution in [0.4, 0.5) is 18.9 Å². The lowest BCUT2D eigenvalue weighted by Crippen LogP contribution is -2.46. The van der Waals surface area contributed by atoms with Crippen LogP contribution in [0, 0.1) is 6.92 Å². The molecule has 1 spiro atoms. The maximum Gasteiger partial charge on any atom is 0.416 e. The number of hydrogen-bond donors (Lipinski definition) is 2. The minimum atomic E-state index is -4.60. The van der Waals surface area contributed by atoms with E-state index in [1.54, 1.807) is 29.4 Å². The van der Waals surface area contributed by atoms with Crippen molar-refractivity contribution >= 4 is 40.5 Å². The number of likely N-dealkylation sites (tertiary alicyclic amines) is 1. The van der Waals surface area contributed by atoms with Crippen molar-refractivity contribution in [2.24, 2.45) is 0 Å². The number of nitrogens with zero attached hydrogens (tertiary/aromatic N) is 7. The number of aromatic nitrogens is 6. The quantitative estimate of drug-likeness (QED) is 0.295. The van der Waals surface area contributed by atoms with Crippen molar-refractivity contribution in [1.82, 2.24) is 34.0 Å². The number of carbonyl (C=O) groups excluding carboxylic acids is 2. The number of piperidine rings is 1. The molecule has 2 N–H and O–H groups in total. The van der Waals surface area contributed by atoms with Crippen LogP contribution in [-0.2, 0) is 22.9 Å². The maximum atomic E-state index is 14.3. The molecule has 3 aromatic heterocycles. The van der Waals surface area contributed by atoms with Crippen molar-refractivity contribution in [1.29, 1.82) is 0 Å². The van der Waals surface area contributed by atoms with Crippen LogP contribution in [0.3, 0.4) is 0 Å². The molecule has 252 valence electrons. The summed E-state index contributed by atoms with van der Waals surface area (Å²) in [5.74, 6) is -1.05. The van der Waals surface area contributed by atoms with Gasteiger partial charge >= 0.3 is 6.18 Å². The molecule has 1 aromatic carbocycles. The van der Waals surface area contributed by atoms with Crippen LogP contribution >= 0.6 is 11.6 Å². The highest BCUT2D eigenvalue weighted by Crippen LogP contribution is 2.50. The summed E-state index contributed by atoms with van der Waals surface area (Å²) in [5, 5.41) is 17.2. The summed E-state index contributed by atoms with van der Waals surface area (Å²) in [6.07, 6.45) is -0.145. The van der Waals surface area contributed by atoms with Crippen molar-refractivity contribution < 1.29 is 27.9 Å². The smallest absolute Gasteiger partial charge is 0.416 e. The predicted octanol–water partition coefficient (Wildman–Crippen LogP) is 5.11. The van der Waals surface area contributed by atoms with Gasteiger partial charge in [-0.1, -0.05) is 24.6 Å². The number of aryl methyl sites for hydroxylation is 1. The molecule has 48 heavy (non-hydrogen) atoms. The molecular formula is C32H32ClF3N8O4. The number of amides is 2. The van der Waals surface area contributed by atoms with Crippen LogP contribution in [0.15, 0.2) is 35.4 Å². The Bertz CT molecular complexity index is 2060. The van der Waals surface area contributed by atoms with E-state index in [0.29, 0.717) is 41.9 Å². The fourth-order valence-corrected chi connectivity index (χ4v) is 7.04. The molecule has 16 heteroatoms. The Morgan fingerprint density at radius 3 is 2.56 bits per heavy atom. The molecule has 1 aliphatic heterocycles. The van der Waals surface area contributed by atoms with Gasteiger partial charge < -0.3 is 19.9 Å². The van der Waals surface area contributed by atoms with Gasteiger partial charge in [0.15, 0.2) is 17.3 Å². The number of rotatable bonds is 5. The molecule has 0 saturated carbocycles. The highest BCUT2D eigenvalue weighted by Gasteiger charge is 2.49. The zero-order valence-corrected chi connectivity index (χ0v) is 27.3. The summed E-state index contributed by atoms with van der Waals surface area (Å²) in [4.78, 5) is 55.2. The summed E-state index contributed by atoms with van der Waals surface area (Å²) in [6, 6.07) is 2.67. The lowest BCUT2D eigenvalue weighted by molar-refractivity contribution is -0.137. The van der Waals surface area contributed by atoms with Crippen LogP contribution in [0.5, 0.6) is 5.75 Å². The first-order valence-electron chi connectivity index (χ1n) is 15.3. The number of halogens is 4. The molecule has 4 aromatic rings. The first kappa shape index (κ1) is 33.1. The largest absolute Gasteiger partial charge is 0.504 e. The van der Waals surface area contributed by atoms with Gasteiger partial charge in [-0.2, -0.15) is 22.7 Å². The highest BCUT2D eigenvalue weighted by atomic mass is 35.5. The molecule has 0 radical (unpaired) electrons. The standard InChI is InChI=1S/C32H32ClF3N8O4/c1-5-16(2)27-40-30-43(14-22(45)39-21-7-6-19(12-20(21)33)32(34,35)36)25-17(3)13-31(23(25)28(47)44(30)41-27)8-10-42(11-9-31)29(48)24-26(46)18(4)37-15-38-24/h5-7,12,15,17,46H,8-11,13-14H2,1-4H3,(H,39,45)/b16-5+. The van der Waals surface area contributed by atoms with Gasteiger partial charge in [-0.15, -0.1) is 5.10 Å². The average Bonchev–Trinajstić information content (AvgIpc) is 3.61. The minimum Gasteiger partial charge on any atom is -0.504 e. The third kappa shape index (κ3) is 5.59. The number of anilines is 1. The van der Waals surface area contributed by atoms with Crippen LogP contribution in [0.1, 0.15) is 84.8 Å². The van der Waals surface area contributed by atoms with Crippen LogP contribution in [-0.4, -0.2) is 64.0 Å². The Kier molecular flexibility index (Phi) is 8.30. The summed E-state index contributed by atoms with van der Waals surface area (Å²) in [6.45, 7) is 7.39. The first-order valence-corrected chi connectivity index (χ1v) is 15.7. The van der Waals surface area contributed by atoms with Crippen molar-refractivity contribution in [3.05, 3.63) is 80.0 Å². The van der Waals surface area contributed by atoms with Crippen molar-refractivity contribution in [2.45, 2.75) is 71.0 Å². The number of aromatic hydroxyl groups is 1. The lowest BCUT2D eigenvalue weighted by Gasteiger charge is -2.39. The molecule has 1 fully saturated rings. The van der Waals surface area contributed by atoms with Crippen LogP contribution in [0.25, 0.3) is 11.4 Å². The second-order valence-corrected chi connectivity index (χ2v) is 12.8. The number of allylic oxidation sites excluding steroid dienone is 2. The zero-order valence-electron chi connectivity index (χ0n) is 26.5. The third-order valence-corrected chi connectivity index (χ3v) is 9.66. The molecule has 0 bridgehead atoms. The third-order valence-electron chi connectivity index (χ3n) is 9.35. The molecule has 1 aliphatic carbocycles. The van der Waals surface area contributed by atoms with Gasteiger partial charge in [-0.3, -0.25) is 14.4 Å². The van der Waals surface area contributed by atoms with E-state index in [-0.39, 0.29) is 64.7 Å². The van der Waals surface area contributed by atoms with E-state index in [0.717, 1.165) is 18.2 Å². The minimum absolute atomic E-state index is 0.00164. The summed E-state index contributed by atoms with van der Waals surface area (Å²) >= 11 is 6.11. The summed E-state index contributed by atoms with van der Waals surface area (Å²) < 4.78 is 42.3. The molecular weight excluding hydrogens is 653 g/mol. The van der Waals surface area contributed by atoms with E-state index in [9.17, 15) is 32.7 Å². The molecule has 4 heterocycles. The van der Waals surface area contributed by atoms with E-state index in [2.05, 4.69) is 25.4 Å². The Morgan fingerprint density at radius 1 is 1.21 bits per heavy atom. The Labute approximate surface area is 277 Å². The average molecular weight is 685 g/mol. The lowest BCUT2D eigenvalue weighted by atomic mass is 9.73. The Hall–Kier alpha value is -4.79. The van der Waals surface area contributed by atoms with E-state index in [1.807, 2.05) is 13.8 Å². The van der Waals surface area contributed by atoms with Gasteiger partial charge in [0.1, 0.15) is 12.9 Å². The van der Waals surface area contributed by atoms with Gasteiger partial charge in [-0.05, 0) is 69.7 Å². The van der Waals surface area contributed by atoms with E-state index >= 15 is 0 Å². The topological polar surface area (TPSA) is 148 Å². The number of hydrogen-bond acceptors (Lipinski definition) is 8. The summed E-state index contributed by atoms with van der Waals surface area (Å²) in [7, 11) is 0. The number of carbonyl (C=O) groups is 2. The van der Waals surface area contributed by atoms with E-state index in [1.165, 1.54) is 10.8 Å². The van der Waals surface area contributed by atoms with Crippen LogP contribution < -0.4 is 10.9 Å². The number of benzene rings is 1. The van der Waals surface area contributed by atoms with E-state index in [4.69, 9.17) is 11.6 Å². The molecule has 1 saturated heterocycles. The Balaban J connectivity index is 1.37. The van der Waals surface area contributed by atoms with Crippen molar-refractivity contribution in [3.63, 3.8) is 0 Å². The number of alkyl halides is 3. The van der Waals surface area contributed by atoms with Gasteiger partial charge in [0.05, 0.1) is 22.0 Å². The normalized spacial score (nSPS) is 17.6. The number of nitrogens with one attached hydrogen (secondary N) is 1. The van der Waals surface area contributed by atoms with Gasteiger partial charge in [0, 0.05) is 29.8 Å². The fourth-order valence-electron chi connectivity index (χ4n) is 6.81. The Morgan fingerprint density at radius 2 is 1.92 bits per heavy atom. The molecule has 6 rings (SSSR count). The van der Waals surface area contributed by atoms with Crippen molar-refractivity contribution in [2.75, 3.05) is 18.4 Å². The maximum absolute atomic E-state index is 14.3. The van der Waals surface area contributed by atoms with Crippen LogP contribution in [0.2, 0.25) is 5.02 Å². The van der Waals surface area contributed by atoms with Crippen molar-refractivity contribution in [3.8, 4) is 5.75 Å². The van der Waals surface area contributed by atoms with E-state index < -0.39 is 29.0 Å². The predicted molar refractivity (Wildman–Crippen MR) is 170 cm³/mol. The molecule has 1 unspecified atom stereocenters. The molecule has 2 aliphatic rings. The van der Waals surface area contributed by atoms with Gasteiger partial charge in [-0.25, -0.2) is 9.97 Å². The first-order chi connectivity index (χ1) is 22.6. The molecule has 12 nitrogen and oxygen atoms in total. The second-order valence-electron chi connectivity index (χ2n) is 12.3. The second kappa shape index (κ2) is 12.0. The molecule has 2 amide bonds. The summed E-state index contributed by atoms with van der Waals surface area (Å²) in [5.41, 5.74) is 0.0656.